The van der Waals surface area contributed by atoms with Gasteiger partial charge in [-0.1, -0.05) is 28.9 Å². The number of ether oxygens (including phenoxy) is 1. The summed E-state index contributed by atoms with van der Waals surface area (Å²) >= 11 is 0. The molecule has 1 saturated carbocycles. The van der Waals surface area contributed by atoms with Crippen molar-refractivity contribution in [3.05, 3.63) is 28.4 Å². The molecule has 0 aromatic carbocycles. The zero-order chi connectivity index (χ0) is 18.7. The largest absolute Gasteiger partial charge is 0.379 e. The first kappa shape index (κ1) is 18.1. The third kappa shape index (κ3) is 4.03. The van der Waals surface area contributed by atoms with E-state index in [2.05, 4.69) is 20.3 Å². The van der Waals surface area contributed by atoms with E-state index in [1.807, 2.05) is 6.07 Å². The highest BCUT2D eigenvalue weighted by molar-refractivity contribution is 5.48. The van der Waals surface area contributed by atoms with Crippen LogP contribution in [0.15, 0.2) is 18.3 Å². The van der Waals surface area contributed by atoms with Crippen LogP contribution in [-0.2, 0) is 4.74 Å². The van der Waals surface area contributed by atoms with E-state index in [-0.39, 0.29) is 11.2 Å². The number of rotatable bonds is 6. The molecular weight excluding hydrogens is 348 g/mol. The lowest BCUT2D eigenvalue weighted by molar-refractivity contribution is -0.391. The van der Waals surface area contributed by atoms with Crippen molar-refractivity contribution in [3.8, 4) is 0 Å². The Morgan fingerprint density at radius 3 is 2.74 bits per heavy atom. The Kier molecular flexibility index (Phi) is 5.22. The Balaban J connectivity index is 1.49. The molecule has 9 heteroatoms. The number of nitrogens with one attached hydrogen (secondary N) is 1. The highest BCUT2D eigenvalue weighted by Crippen LogP contribution is 2.37. The molecule has 2 fully saturated rings. The van der Waals surface area contributed by atoms with Crippen LogP contribution in [0.25, 0.3) is 5.65 Å². The Bertz CT molecular complexity index is 795. The van der Waals surface area contributed by atoms with E-state index in [4.69, 9.17) is 4.74 Å². The van der Waals surface area contributed by atoms with E-state index in [0.717, 1.165) is 39.4 Å². The van der Waals surface area contributed by atoms with Crippen molar-refractivity contribution in [3.63, 3.8) is 0 Å². The van der Waals surface area contributed by atoms with E-state index in [1.165, 1.54) is 42.8 Å². The summed E-state index contributed by atoms with van der Waals surface area (Å²) in [6.07, 6.45) is 7.45. The summed E-state index contributed by atoms with van der Waals surface area (Å²) in [5, 5.41) is 19.0. The quantitative estimate of drug-likeness (QED) is 0.612. The SMILES string of the molecule is O=[N+]([O-])c1cnc2ccc(NCC3(CN4CCOCC4)CCCCC3)nn12. The molecule has 0 bridgehead atoms. The van der Waals surface area contributed by atoms with Gasteiger partial charge in [0, 0.05) is 37.7 Å². The summed E-state index contributed by atoms with van der Waals surface area (Å²) in [5.41, 5.74) is 0.695. The molecule has 1 aliphatic heterocycles. The topological polar surface area (TPSA) is 97.8 Å². The molecule has 1 aliphatic carbocycles. The standard InChI is InChI=1S/C18H26N6O3/c25-24(26)17-12-19-16-5-4-15(21-23(16)17)20-13-18(6-2-1-3-7-18)14-22-8-10-27-11-9-22/h4-5,12H,1-3,6-11,13-14H2,(H,20,21). The van der Waals surface area contributed by atoms with E-state index < -0.39 is 4.92 Å². The van der Waals surface area contributed by atoms with Gasteiger partial charge in [0.15, 0.2) is 5.82 Å². The number of fused-ring (bicyclic) bond motifs is 1. The molecule has 2 aromatic rings. The summed E-state index contributed by atoms with van der Waals surface area (Å²) < 4.78 is 6.77. The van der Waals surface area contributed by atoms with Crippen LogP contribution in [0.1, 0.15) is 32.1 Å². The van der Waals surface area contributed by atoms with Gasteiger partial charge in [-0.05, 0) is 23.8 Å². The number of anilines is 1. The van der Waals surface area contributed by atoms with Crippen molar-refractivity contribution >= 4 is 17.3 Å². The minimum Gasteiger partial charge on any atom is -0.379 e. The lowest BCUT2D eigenvalue weighted by Gasteiger charge is -2.42. The Morgan fingerprint density at radius 2 is 2.00 bits per heavy atom. The first-order valence-electron chi connectivity index (χ1n) is 9.68. The Hall–Kier alpha value is -2.26. The van der Waals surface area contributed by atoms with Gasteiger partial charge in [0.1, 0.15) is 6.20 Å². The summed E-state index contributed by atoms with van der Waals surface area (Å²) in [6.45, 7) is 5.50. The number of imidazole rings is 1. The molecule has 0 spiro atoms. The number of morpholine rings is 1. The number of aromatic nitrogens is 3. The van der Waals surface area contributed by atoms with Crippen LogP contribution in [0.4, 0.5) is 11.6 Å². The van der Waals surface area contributed by atoms with Crippen LogP contribution in [0.3, 0.4) is 0 Å². The van der Waals surface area contributed by atoms with Crippen LogP contribution < -0.4 is 5.32 Å². The predicted octanol–water partition coefficient (Wildman–Crippen LogP) is 2.33. The molecule has 0 amide bonds. The molecule has 0 atom stereocenters. The van der Waals surface area contributed by atoms with Gasteiger partial charge in [-0.25, -0.2) is 4.98 Å². The molecular formula is C18H26N6O3. The summed E-state index contributed by atoms with van der Waals surface area (Å²) in [6, 6.07) is 3.61. The second-order valence-corrected chi connectivity index (χ2v) is 7.66. The number of nitro groups is 1. The Labute approximate surface area is 157 Å². The minimum absolute atomic E-state index is 0.116. The zero-order valence-corrected chi connectivity index (χ0v) is 15.5. The van der Waals surface area contributed by atoms with Crippen LogP contribution in [0.5, 0.6) is 0 Å². The van der Waals surface area contributed by atoms with E-state index in [9.17, 15) is 10.1 Å². The van der Waals surface area contributed by atoms with Gasteiger partial charge in [-0.2, -0.15) is 0 Å². The van der Waals surface area contributed by atoms with Crippen molar-refractivity contribution in [2.45, 2.75) is 32.1 Å². The van der Waals surface area contributed by atoms with Crippen molar-refractivity contribution in [2.24, 2.45) is 5.41 Å². The first-order chi connectivity index (χ1) is 13.2. The lowest BCUT2D eigenvalue weighted by atomic mass is 9.73. The van der Waals surface area contributed by atoms with Gasteiger partial charge in [0.05, 0.1) is 13.2 Å². The fourth-order valence-corrected chi connectivity index (χ4v) is 4.28. The van der Waals surface area contributed by atoms with Crippen molar-refractivity contribution in [1.82, 2.24) is 19.5 Å². The van der Waals surface area contributed by atoms with Gasteiger partial charge in [-0.15, -0.1) is 0 Å². The van der Waals surface area contributed by atoms with Crippen molar-refractivity contribution < 1.29 is 9.66 Å². The molecule has 3 heterocycles. The van der Waals surface area contributed by atoms with Crippen LogP contribution in [-0.4, -0.2) is 63.8 Å². The molecule has 0 radical (unpaired) electrons. The first-order valence-corrected chi connectivity index (χ1v) is 9.68. The molecule has 146 valence electrons. The summed E-state index contributed by atoms with van der Waals surface area (Å²) in [7, 11) is 0. The maximum Gasteiger partial charge on any atom is 0.368 e. The predicted molar refractivity (Wildman–Crippen MR) is 101 cm³/mol. The van der Waals surface area contributed by atoms with E-state index in [0.29, 0.717) is 11.5 Å². The maximum atomic E-state index is 11.1. The molecule has 2 aromatic heterocycles. The highest BCUT2D eigenvalue weighted by atomic mass is 16.6. The molecule has 9 nitrogen and oxygen atoms in total. The molecule has 1 saturated heterocycles. The second kappa shape index (κ2) is 7.77. The average Bonchev–Trinajstić information content (AvgIpc) is 3.11. The molecule has 0 unspecified atom stereocenters. The molecule has 1 N–H and O–H groups in total. The third-order valence-electron chi connectivity index (χ3n) is 5.75. The molecule has 4 rings (SSSR count). The smallest absolute Gasteiger partial charge is 0.368 e. The Morgan fingerprint density at radius 1 is 1.22 bits per heavy atom. The van der Waals surface area contributed by atoms with Gasteiger partial charge >= 0.3 is 5.82 Å². The van der Waals surface area contributed by atoms with E-state index in [1.54, 1.807) is 6.07 Å². The fourth-order valence-electron chi connectivity index (χ4n) is 4.28. The summed E-state index contributed by atoms with van der Waals surface area (Å²) in [5.74, 6) is 0.532. The molecule has 2 aliphatic rings. The molecule has 27 heavy (non-hydrogen) atoms. The zero-order valence-electron chi connectivity index (χ0n) is 15.5. The normalized spacial score (nSPS) is 20.6. The average molecular weight is 374 g/mol. The van der Waals surface area contributed by atoms with Crippen molar-refractivity contribution in [2.75, 3.05) is 44.7 Å². The van der Waals surface area contributed by atoms with Gasteiger partial charge < -0.3 is 20.2 Å². The fraction of sp³-hybridized carbons (Fsp3) is 0.667. The second-order valence-electron chi connectivity index (χ2n) is 7.66. The van der Waals surface area contributed by atoms with Gasteiger partial charge in [-0.3, -0.25) is 4.90 Å². The lowest BCUT2D eigenvalue weighted by Crippen LogP contribution is -2.47. The third-order valence-corrected chi connectivity index (χ3v) is 5.75. The van der Waals surface area contributed by atoms with Crippen LogP contribution >= 0.6 is 0 Å². The highest BCUT2D eigenvalue weighted by Gasteiger charge is 2.34. The summed E-state index contributed by atoms with van der Waals surface area (Å²) in [4.78, 5) is 17.2. The maximum absolute atomic E-state index is 11.1. The van der Waals surface area contributed by atoms with Gasteiger partial charge in [0.2, 0.25) is 5.65 Å². The van der Waals surface area contributed by atoms with Crippen molar-refractivity contribution in [1.29, 1.82) is 0 Å². The number of hydrogen-bond donors (Lipinski definition) is 1. The number of hydrogen-bond acceptors (Lipinski definition) is 7. The van der Waals surface area contributed by atoms with Crippen LogP contribution in [0.2, 0.25) is 0 Å². The monoisotopic (exact) mass is 374 g/mol. The number of nitrogens with zero attached hydrogens (tertiary/aromatic N) is 5. The van der Waals surface area contributed by atoms with Crippen LogP contribution in [0, 0.1) is 15.5 Å². The minimum atomic E-state index is -0.460. The van der Waals surface area contributed by atoms with Gasteiger partial charge in [0.25, 0.3) is 0 Å². The van der Waals surface area contributed by atoms with E-state index >= 15 is 0 Å².